The van der Waals surface area contributed by atoms with E-state index in [0.29, 0.717) is 10.7 Å². The summed E-state index contributed by atoms with van der Waals surface area (Å²) >= 11 is 5.84. The topological polar surface area (TPSA) is 108 Å². The number of rotatable bonds is 7. The van der Waals surface area contributed by atoms with Crippen molar-refractivity contribution < 1.29 is 18.0 Å². The van der Waals surface area contributed by atoms with Gasteiger partial charge in [0.1, 0.15) is 0 Å². The van der Waals surface area contributed by atoms with Gasteiger partial charge in [-0.3, -0.25) is 20.4 Å². The van der Waals surface area contributed by atoms with Crippen molar-refractivity contribution in [3.63, 3.8) is 0 Å². The highest BCUT2D eigenvalue weighted by atomic mass is 35.5. The molecule has 0 spiro atoms. The lowest BCUT2D eigenvalue weighted by molar-refractivity contribution is -0.119. The van der Waals surface area contributed by atoms with Gasteiger partial charge >= 0.3 is 0 Å². The van der Waals surface area contributed by atoms with Gasteiger partial charge in [-0.1, -0.05) is 23.7 Å². The molecular weight excluding hydrogens is 392 g/mol. The summed E-state index contributed by atoms with van der Waals surface area (Å²) in [7, 11) is -0.849. The van der Waals surface area contributed by atoms with Crippen LogP contribution in [0.15, 0.2) is 53.4 Å². The number of sulfonamides is 1. The predicted octanol–water partition coefficient (Wildman–Crippen LogP) is 1.46. The highest BCUT2D eigenvalue weighted by Crippen LogP contribution is 2.15. The van der Waals surface area contributed by atoms with Crippen LogP contribution in [0.2, 0.25) is 5.02 Å². The van der Waals surface area contributed by atoms with Gasteiger partial charge in [0, 0.05) is 24.7 Å². The molecule has 3 N–H and O–H groups in total. The molecule has 144 valence electrons. The number of nitrogens with one attached hydrogen (secondary N) is 3. The minimum absolute atomic E-state index is 0.00720. The Bertz CT molecular complexity index is 947. The summed E-state index contributed by atoms with van der Waals surface area (Å²) in [5.74, 6) is -1.05. The van der Waals surface area contributed by atoms with Gasteiger partial charge in [-0.15, -0.1) is 0 Å². The Morgan fingerprint density at radius 3 is 2.44 bits per heavy atom. The summed E-state index contributed by atoms with van der Waals surface area (Å²) in [4.78, 5) is 24.0. The highest BCUT2D eigenvalue weighted by Gasteiger charge is 2.18. The van der Waals surface area contributed by atoms with Crippen LogP contribution in [0.3, 0.4) is 0 Å². The van der Waals surface area contributed by atoms with E-state index in [1.807, 2.05) is 0 Å². The van der Waals surface area contributed by atoms with Crippen molar-refractivity contribution in [3.8, 4) is 0 Å². The van der Waals surface area contributed by atoms with Crippen molar-refractivity contribution in [3.05, 3.63) is 59.1 Å². The Morgan fingerprint density at radius 1 is 1.07 bits per heavy atom. The fraction of sp³-hybridized carbons (Fsp3) is 0.176. The van der Waals surface area contributed by atoms with E-state index in [9.17, 15) is 18.0 Å². The molecule has 0 aliphatic rings. The van der Waals surface area contributed by atoms with Crippen molar-refractivity contribution in [1.29, 1.82) is 0 Å². The molecule has 0 radical (unpaired) electrons. The Hall–Kier alpha value is -2.62. The molecule has 2 aromatic carbocycles. The first-order chi connectivity index (χ1) is 12.7. The number of hydrogen-bond acceptors (Lipinski definition) is 5. The van der Waals surface area contributed by atoms with Crippen LogP contribution in [0, 0.1) is 0 Å². The average molecular weight is 411 g/mol. The molecule has 2 rings (SSSR count). The molecule has 0 saturated heterocycles. The van der Waals surface area contributed by atoms with Crippen LogP contribution in [0.25, 0.3) is 0 Å². The number of hydrazine groups is 1. The zero-order valence-electron chi connectivity index (χ0n) is 14.7. The van der Waals surface area contributed by atoms with Crippen LogP contribution in [-0.4, -0.2) is 45.2 Å². The summed E-state index contributed by atoms with van der Waals surface area (Å²) in [6, 6.07) is 12.3. The number of benzene rings is 2. The summed E-state index contributed by atoms with van der Waals surface area (Å²) in [5.41, 5.74) is 5.81. The van der Waals surface area contributed by atoms with E-state index >= 15 is 0 Å². The first-order valence-electron chi connectivity index (χ1n) is 7.81. The molecule has 0 heterocycles. The third-order valence-electron chi connectivity index (χ3n) is 3.46. The Labute approximate surface area is 162 Å². The van der Waals surface area contributed by atoms with E-state index in [0.717, 1.165) is 4.31 Å². The van der Waals surface area contributed by atoms with Gasteiger partial charge < -0.3 is 5.32 Å². The Morgan fingerprint density at radius 2 is 1.78 bits per heavy atom. The summed E-state index contributed by atoms with van der Waals surface area (Å²) < 4.78 is 25.3. The number of nitrogens with zero attached hydrogens (tertiary/aromatic N) is 1. The van der Waals surface area contributed by atoms with Crippen LogP contribution in [-0.2, 0) is 14.8 Å². The van der Waals surface area contributed by atoms with E-state index in [1.165, 1.54) is 38.4 Å². The zero-order valence-corrected chi connectivity index (χ0v) is 16.3. The van der Waals surface area contributed by atoms with Crippen LogP contribution in [0.4, 0.5) is 5.69 Å². The maximum absolute atomic E-state index is 12.2. The smallest absolute Gasteiger partial charge is 0.257 e. The van der Waals surface area contributed by atoms with E-state index < -0.39 is 21.8 Å². The monoisotopic (exact) mass is 410 g/mol. The number of carbonyl (C=O) groups is 2. The molecule has 0 atom stereocenters. The fourth-order valence-corrected chi connectivity index (χ4v) is 3.16. The third-order valence-corrected chi connectivity index (χ3v) is 5.50. The Kier molecular flexibility index (Phi) is 6.78. The maximum atomic E-state index is 12.2. The van der Waals surface area contributed by atoms with Gasteiger partial charge in [0.05, 0.1) is 17.1 Å². The maximum Gasteiger partial charge on any atom is 0.257 e. The number of amides is 2. The quantitative estimate of drug-likeness (QED) is 0.599. The van der Waals surface area contributed by atoms with Crippen molar-refractivity contribution in [1.82, 2.24) is 15.0 Å². The molecule has 0 unspecified atom stereocenters. The van der Waals surface area contributed by atoms with Gasteiger partial charge in [-0.2, -0.15) is 0 Å². The van der Waals surface area contributed by atoms with Crippen LogP contribution < -0.4 is 16.2 Å². The van der Waals surface area contributed by atoms with Crippen molar-refractivity contribution >= 4 is 39.1 Å². The molecule has 8 nitrogen and oxygen atoms in total. The largest absolute Gasteiger partial charge is 0.343 e. The predicted molar refractivity (Wildman–Crippen MR) is 103 cm³/mol. The molecule has 0 aliphatic carbocycles. The number of hydrogen-bond donors (Lipinski definition) is 3. The second-order valence-corrected chi connectivity index (χ2v) is 8.27. The first-order valence-corrected chi connectivity index (χ1v) is 9.63. The molecular formula is C17H19ClN4O4S. The third kappa shape index (κ3) is 5.68. The van der Waals surface area contributed by atoms with Gasteiger partial charge in [0.15, 0.2) is 0 Å². The van der Waals surface area contributed by atoms with Gasteiger partial charge in [-0.05, 0) is 36.4 Å². The highest BCUT2D eigenvalue weighted by molar-refractivity contribution is 7.89. The van der Waals surface area contributed by atoms with Crippen molar-refractivity contribution in [2.45, 2.75) is 4.90 Å². The first kappa shape index (κ1) is 20.7. The van der Waals surface area contributed by atoms with Crippen LogP contribution in [0.5, 0.6) is 0 Å². The van der Waals surface area contributed by atoms with Gasteiger partial charge in [-0.25, -0.2) is 12.7 Å². The molecule has 10 heteroatoms. The van der Waals surface area contributed by atoms with Gasteiger partial charge in [0.2, 0.25) is 10.0 Å². The molecule has 2 amide bonds. The second-order valence-electron chi connectivity index (χ2n) is 5.68. The van der Waals surface area contributed by atoms with Crippen molar-refractivity contribution in [2.75, 3.05) is 26.1 Å². The Balaban J connectivity index is 1.93. The van der Waals surface area contributed by atoms with E-state index in [4.69, 9.17) is 11.6 Å². The molecule has 0 bridgehead atoms. The summed E-state index contributed by atoms with van der Waals surface area (Å²) in [6.45, 7) is -0.295. The molecule has 0 fully saturated rings. The lowest BCUT2D eigenvalue weighted by atomic mass is 10.2. The summed E-state index contributed by atoms with van der Waals surface area (Å²) in [5, 5.41) is 2.94. The average Bonchev–Trinajstić information content (AvgIpc) is 2.64. The van der Waals surface area contributed by atoms with Crippen molar-refractivity contribution in [2.24, 2.45) is 0 Å². The lowest BCUT2D eigenvalue weighted by Crippen LogP contribution is -2.39. The fourth-order valence-electron chi connectivity index (χ4n) is 2.02. The van der Waals surface area contributed by atoms with E-state index in [-0.39, 0.29) is 17.0 Å². The minimum Gasteiger partial charge on any atom is -0.343 e. The number of anilines is 1. The molecule has 0 saturated carbocycles. The van der Waals surface area contributed by atoms with Gasteiger partial charge in [0.25, 0.3) is 11.8 Å². The lowest BCUT2D eigenvalue weighted by Gasteiger charge is -2.12. The normalized spacial score (nSPS) is 11.1. The van der Waals surface area contributed by atoms with Crippen LogP contribution >= 0.6 is 11.6 Å². The molecule has 27 heavy (non-hydrogen) atoms. The van der Waals surface area contributed by atoms with Crippen LogP contribution in [0.1, 0.15) is 10.4 Å². The molecule has 0 aromatic heterocycles. The second kappa shape index (κ2) is 8.85. The minimum atomic E-state index is -3.65. The molecule has 2 aromatic rings. The number of halogens is 1. The molecule has 0 aliphatic heterocycles. The zero-order chi connectivity index (χ0) is 20.0. The van der Waals surface area contributed by atoms with E-state index in [2.05, 4.69) is 16.2 Å². The standard InChI is InChI=1S/C17H19ClN4O4S/c1-22(2)27(25,26)15-8-3-5-12(9-15)17(24)19-11-16(23)21-20-14-7-4-6-13(18)10-14/h3-10,20H,11H2,1-2H3,(H,19,24)(H,21,23). The number of carbonyl (C=O) groups excluding carboxylic acids is 2. The summed E-state index contributed by atoms with van der Waals surface area (Å²) in [6.07, 6.45) is 0. The van der Waals surface area contributed by atoms with E-state index in [1.54, 1.807) is 24.3 Å². The SMILES string of the molecule is CN(C)S(=O)(=O)c1cccc(C(=O)NCC(=O)NNc2cccc(Cl)c2)c1.